The maximum atomic E-state index is 12.7. The van der Waals surface area contributed by atoms with Crippen molar-refractivity contribution < 1.29 is 9.53 Å². The minimum Gasteiger partial charge on any atom is -0.379 e. The minimum absolute atomic E-state index is 0.151. The minimum atomic E-state index is -0.500. The molecule has 1 spiro atoms. The van der Waals surface area contributed by atoms with Crippen LogP contribution in [0.25, 0.3) is 0 Å². The summed E-state index contributed by atoms with van der Waals surface area (Å²) in [6.45, 7) is 4.80. The zero-order chi connectivity index (χ0) is 13.5. The smallest absolute Gasteiger partial charge is 0.232 e. The number of carbonyl (C=O) groups excluding carboxylic acids is 1. The largest absolute Gasteiger partial charge is 0.379 e. The summed E-state index contributed by atoms with van der Waals surface area (Å²) in [7, 11) is 0. The van der Waals surface area contributed by atoms with Gasteiger partial charge in [0.25, 0.3) is 0 Å². The molecule has 4 heteroatoms. The van der Waals surface area contributed by atoms with Gasteiger partial charge in [-0.15, -0.1) is 0 Å². The van der Waals surface area contributed by atoms with Gasteiger partial charge in [0.05, 0.1) is 18.6 Å². The number of hydrogen-bond donors (Lipinski definition) is 1. The maximum absolute atomic E-state index is 12.7. The standard InChI is InChI=1S/C15H26N2O2/c1-14(11-19-10-12(14)16)13(18)17-8-6-15(7-9-17)4-2-3-5-15/h12H,2-11,16H2,1H3. The second-order valence-electron chi connectivity index (χ2n) is 7.04. The lowest BCUT2D eigenvalue weighted by Gasteiger charge is -2.42. The highest BCUT2D eigenvalue weighted by Crippen LogP contribution is 2.46. The second kappa shape index (κ2) is 4.74. The van der Waals surface area contributed by atoms with Crippen LogP contribution in [0, 0.1) is 10.8 Å². The Kier molecular flexibility index (Phi) is 3.34. The highest BCUT2D eigenvalue weighted by molar-refractivity contribution is 5.83. The number of rotatable bonds is 1. The Labute approximate surface area is 115 Å². The van der Waals surface area contributed by atoms with Crippen molar-refractivity contribution in [3.05, 3.63) is 0 Å². The van der Waals surface area contributed by atoms with Gasteiger partial charge < -0.3 is 15.4 Å². The van der Waals surface area contributed by atoms with Crippen LogP contribution in [-0.4, -0.2) is 43.2 Å². The summed E-state index contributed by atoms with van der Waals surface area (Å²) in [5, 5.41) is 0. The first-order chi connectivity index (χ1) is 9.06. The molecular formula is C15H26N2O2. The second-order valence-corrected chi connectivity index (χ2v) is 7.04. The highest BCUT2D eigenvalue weighted by Gasteiger charge is 2.48. The van der Waals surface area contributed by atoms with Crippen LogP contribution in [-0.2, 0) is 9.53 Å². The fourth-order valence-electron chi connectivity index (χ4n) is 4.08. The summed E-state index contributed by atoms with van der Waals surface area (Å²) >= 11 is 0. The van der Waals surface area contributed by atoms with Gasteiger partial charge in [-0.25, -0.2) is 0 Å². The number of carbonyl (C=O) groups is 1. The number of amides is 1. The molecular weight excluding hydrogens is 240 g/mol. The maximum Gasteiger partial charge on any atom is 0.232 e. The van der Waals surface area contributed by atoms with Gasteiger partial charge in [0.1, 0.15) is 0 Å². The van der Waals surface area contributed by atoms with Crippen molar-refractivity contribution in [2.75, 3.05) is 26.3 Å². The lowest BCUT2D eigenvalue weighted by atomic mass is 9.76. The first kappa shape index (κ1) is 13.4. The molecule has 19 heavy (non-hydrogen) atoms. The average Bonchev–Trinajstić information content (AvgIpc) is 2.99. The topological polar surface area (TPSA) is 55.6 Å². The Morgan fingerprint density at radius 2 is 1.84 bits per heavy atom. The summed E-state index contributed by atoms with van der Waals surface area (Å²) in [6, 6.07) is -0.151. The molecule has 1 aliphatic carbocycles. The molecule has 0 aromatic carbocycles. The predicted molar refractivity (Wildman–Crippen MR) is 73.6 cm³/mol. The normalized spacial score (nSPS) is 38.0. The highest BCUT2D eigenvalue weighted by atomic mass is 16.5. The molecule has 4 nitrogen and oxygen atoms in total. The number of nitrogens with two attached hydrogens (primary N) is 1. The molecule has 2 saturated heterocycles. The van der Waals surface area contributed by atoms with Gasteiger partial charge in [0.2, 0.25) is 5.91 Å². The molecule has 3 rings (SSSR count). The zero-order valence-corrected chi connectivity index (χ0v) is 12.0. The zero-order valence-electron chi connectivity index (χ0n) is 12.0. The van der Waals surface area contributed by atoms with Crippen LogP contribution >= 0.6 is 0 Å². The number of likely N-dealkylation sites (tertiary alicyclic amines) is 1. The third-order valence-corrected chi connectivity index (χ3v) is 5.78. The van der Waals surface area contributed by atoms with Crippen LogP contribution in [0.1, 0.15) is 45.4 Å². The Hall–Kier alpha value is -0.610. The van der Waals surface area contributed by atoms with E-state index in [2.05, 4.69) is 0 Å². The van der Waals surface area contributed by atoms with Crippen molar-refractivity contribution >= 4 is 5.91 Å². The van der Waals surface area contributed by atoms with E-state index in [1.54, 1.807) is 0 Å². The fourth-order valence-corrected chi connectivity index (χ4v) is 4.08. The van der Waals surface area contributed by atoms with E-state index in [1.165, 1.54) is 38.5 Å². The average molecular weight is 266 g/mol. The Morgan fingerprint density at radius 1 is 1.21 bits per heavy atom. The van der Waals surface area contributed by atoms with Gasteiger partial charge in [0, 0.05) is 19.1 Å². The summed E-state index contributed by atoms with van der Waals surface area (Å²) in [6.07, 6.45) is 7.87. The van der Waals surface area contributed by atoms with Crippen molar-refractivity contribution in [2.45, 2.75) is 51.5 Å². The molecule has 2 aliphatic heterocycles. The molecule has 3 aliphatic rings. The van der Waals surface area contributed by atoms with Gasteiger partial charge in [0.15, 0.2) is 0 Å². The summed E-state index contributed by atoms with van der Waals surface area (Å²) in [5.41, 5.74) is 6.13. The molecule has 3 fully saturated rings. The lowest BCUT2D eigenvalue weighted by molar-refractivity contribution is -0.144. The Morgan fingerprint density at radius 3 is 2.37 bits per heavy atom. The first-order valence-corrected chi connectivity index (χ1v) is 7.69. The molecule has 2 N–H and O–H groups in total. The third-order valence-electron chi connectivity index (χ3n) is 5.78. The van der Waals surface area contributed by atoms with Crippen LogP contribution < -0.4 is 5.73 Å². The van der Waals surface area contributed by atoms with Crippen LogP contribution in [0.3, 0.4) is 0 Å². The van der Waals surface area contributed by atoms with Gasteiger partial charge in [-0.1, -0.05) is 12.8 Å². The Balaban J connectivity index is 1.63. The number of ether oxygens (including phenoxy) is 1. The van der Waals surface area contributed by atoms with Crippen molar-refractivity contribution in [1.82, 2.24) is 4.90 Å². The molecule has 2 atom stereocenters. The third kappa shape index (κ3) is 2.19. The molecule has 1 saturated carbocycles. The molecule has 0 aromatic rings. The van der Waals surface area contributed by atoms with Crippen LogP contribution in [0.15, 0.2) is 0 Å². The Bertz CT molecular complexity index is 355. The summed E-state index contributed by atoms with van der Waals surface area (Å²) in [5.74, 6) is 0.213. The summed E-state index contributed by atoms with van der Waals surface area (Å²) in [4.78, 5) is 14.7. The van der Waals surface area contributed by atoms with Crippen LogP contribution in [0.2, 0.25) is 0 Å². The van der Waals surface area contributed by atoms with Crippen molar-refractivity contribution in [3.8, 4) is 0 Å². The lowest BCUT2D eigenvalue weighted by Crippen LogP contribution is -2.54. The van der Waals surface area contributed by atoms with E-state index >= 15 is 0 Å². The molecule has 0 bridgehead atoms. The quantitative estimate of drug-likeness (QED) is 0.783. The van der Waals surface area contributed by atoms with E-state index in [-0.39, 0.29) is 11.9 Å². The van der Waals surface area contributed by atoms with E-state index < -0.39 is 5.41 Å². The number of piperidine rings is 1. The predicted octanol–water partition coefficient (Wildman–Crippen LogP) is 1.53. The summed E-state index contributed by atoms with van der Waals surface area (Å²) < 4.78 is 5.41. The van der Waals surface area contributed by atoms with Gasteiger partial charge >= 0.3 is 0 Å². The van der Waals surface area contributed by atoms with Crippen molar-refractivity contribution in [2.24, 2.45) is 16.6 Å². The van der Waals surface area contributed by atoms with E-state index in [1.807, 2.05) is 11.8 Å². The van der Waals surface area contributed by atoms with Gasteiger partial charge in [-0.2, -0.15) is 0 Å². The van der Waals surface area contributed by atoms with Crippen molar-refractivity contribution in [1.29, 1.82) is 0 Å². The van der Waals surface area contributed by atoms with Gasteiger partial charge in [-0.3, -0.25) is 4.79 Å². The first-order valence-electron chi connectivity index (χ1n) is 7.69. The van der Waals surface area contributed by atoms with Crippen molar-refractivity contribution in [3.63, 3.8) is 0 Å². The SMILES string of the molecule is CC1(C(=O)N2CCC3(CCCC3)CC2)COCC1N. The van der Waals surface area contributed by atoms with E-state index in [0.29, 0.717) is 18.6 Å². The number of nitrogens with zero attached hydrogens (tertiary/aromatic N) is 1. The van der Waals surface area contributed by atoms with Crippen LogP contribution in [0.4, 0.5) is 0 Å². The van der Waals surface area contributed by atoms with Gasteiger partial charge in [-0.05, 0) is 38.0 Å². The molecule has 108 valence electrons. The molecule has 2 unspecified atom stereocenters. The monoisotopic (exact) mass is 266 g/mol. The fraction of sp³-hybridized carbons (Fsp3) is 0.933. The molecule has 1 amide bonds. The van der Waals surface area contributed by atoms with E-state index in [9.17, 15) is 4.79 Å². The number of hydrogen-bond acceptors (Lipinski definition) is 3. The molecule has 2 heterocycles. The van der Waals surface area contributed by atoms with Crippen LogP contribution in [0.5, 0.6) is 0 Å². The van der Waals surface area contributed by atoms with E-state index in [0.717, 1.165) is 13.1 Å². The molecule has 0 aromatic heterocycles. The van der Waals surface area contributed by atoms with E-state index in [4.69, 9.17) is 10.5 Å². The molecule has 0 radical (unpaired) electrons.